The van der Waals surface area contributed by atoms with Gasteiger partial charge in [-0.2, -0.15) is 0 Å². The third kappa shape index (κ3) is 2.48. The van der Waals surface area contributed by atoms with Crippen LogP contribution < -0.4 is 0 Å². The van der Waals surface area contributed by atoms with Gasteiger partial charge in [-0.1, -0.05) is 18.0 Å². The average molecular weight is 279 g/mol. The minimum atomic E-state index is -0.0131. The Hall–Kier alpha value is -1.09. The lowest BCUT2D eigenvalue weighted by Crippen LogP contribution is -2.34. The second-order valence-corrected chi connectivity index (χ2v) is 6.38. The molecule has 2 aliphatic carbocycles. The molecule has 1 amide bonds. The molecule has 3 atom stereocenters. The molecule has 1 aromatic heterocycles. The van der Waals surface area contributed by atoms with Crippen LogP contribution in [-0.2, 0) is 0 Å². The number of amides is 1. The quantitative estimate of drug-likeness (QED) is 0.850. The van der Waals surface area contributed by atoms with E-state index in [0.717, 1.165) is 18.4 Å². The minimum absolute atomic E-state index is 0.0131. The van der Waals surface area contributed by atoms with E-state index in [0.29, 0.717) is 16.5 Å². The monoisotopic (exact) mass is 278 g/mol. The predicted octanol–water partition coefficient (Wildman–Crippen LogP) is 3.24. The van der Waals surface area contributed by atoms with Crippen LogP contribution in [0.1, 0.15) is 36.0 Å². The average Bonchev–Trinajstić information content (AvgIpc) is 3.00. The molecule has 102 valence electrons. The number of nitrogens with zero attached hydrogens (tertiary/aromatic N) is 2. The molecular weight excluding hydrogens is 260 g/mol. The summed E-state index contributed by atoms with van der Waals surface area (Å²) in [6.45, 7) is 0.852. The van der Waals surface area contributed by atoms with Crippen LogP contribution in [0.4, 0.5) is 0 Å². The highest BCUT2D eigenvalue weighted by atomic mass is 35.5. The number of carbonyl (C=O) groups is 1. The van der Waals surface area contributed by atoms with Crippen molar-refractivity contribution in [3.63, 3.8) is 0 Å². The molecule has 2 bridgehead atoms. The van der Waals surface area contributed by atoms with Gasteiger partial charge < -0.3 is 4.90 Å². The molecular formula is C15H19ClN2O. The molecule has 3 nitrogen and oxygen atoms in total. The predicted molar refractivity (Wildman–Crippen MR) is 75.1 cm³/mol. The molecule has 3 rings (SSSR count). The highest BCUT2D eigenvalue weighted by molar-refractivity contribution is 6.33. The largest absolute Gasteiger partial charge is 0.341 e. The summed E-state index contributed by atoms with van der Waals surface area (Å²) in [5, 5.41) is 0.486. The van der Waals surface area contributed by atoms with Gasteiger partial charge in [0, 0.05) is 26.0 Å². The van der Waals surface area contributed by atoms with Crippen molar-refractivity contribution in [1.82, 2.24) is 9.88 Å². The standard InChI is InChI=1S/C15H19ClN2O/c1-18(9-12-7-10-2-3-11(12)6-10)15(19)13-8-17-5-4-14(13)16/h4-5,8,10-12H,2-3,6-7,9H2,1H3. The fourth-order valence-electron chi connectivity index (χ4n) is 3.78. The van der Waals surface area contributed by atoms with E-state index < -0.39 is 0 Å². The molecule has 0 saturated heterocycles. The summed E-state index contributed by atoms with van der Waals surface area (Å²) in [4.78, 5) is 18.2. The molecule has 2 aliphatic rings. The zero-order chi connectivity index (χ0) is 13.4. The lowest BCUT2D eigenvalue weighted by atomic mass is 9.88. The van der Waals surface area contributed by atoms with E-state index >= 15 is 0 Å². The lowest BCUT2D eigenvalue weighted by Gasteiger charge is -2.27. The van der Waals surface area contributed by atoms with Crippen molar-refractivity contribution in [2.45, 2.75) is 25.7 Å². The number of pyridine rings is 1. The van der Waals surface area contributed by atoms with E-state index in [1.807, 2.05) is 11.9 Å². The summed E-state index contributed by atoms with van der Waals surface area (Å²) in [7, 11) is 1.87. The van der Waals surface area contributed by atoms with E-state index in [9.17, 15) is 4.79 Å². The van der Waals surface area contributed by atoms with Crippen molar-refractivity contribution >= 4 is 17.5 Å². The van der Waals surface area contributed by atoms with Gasteiger partial charge in [0.1, 0.15) is 0 Å². The molecule has 1 heterocycles. The fourth-order valence-corrected chi connectivity index (χ4v) is 3.96. The van der Waals surface area contributed by atoms with Crippen molar-refractivity contribution in [2.75, 3.05) is 13.6 Å². The first kappa shape index (κ1) is 12.9. The van der Waals surface area contributed by atoms with Gasteiger partial charge in [-0.25, -0.2) is 0 Å². The normalized spacial score (nSPS) is 28.6. The van der Waals surface area contributed by atoms with E-state index in [1.54, 1.807) is 18.5 Å². The Balaban J connectivity index is 1.66. The van der Waals surface area contributed by atoms with Crippen LogP contribution in [-0.4, -0.2) is 29.4 Å². The SMILES string of the molecule is CN(CC1CC2CCC1C2)C(=O)c1cnccc1Cl. The number of carbonyl (C=O) groups excluding carboxylic acids is 1. The summed E-state index contributed by atoms with van der Waals surface area (Å²) >= 11 is 6.06. The maximum Gasteiger partial charge on any atom is 0.256 e. The topological polar surface area (TPSA) is 33.2 Å². The molecule has 0 aliphatic heterocycles. The fraction of sp³-hybridized carbons (Fsp3) is 0.600. The Kier molecular flexibility index (Phi) is 3.48. The Morgan fingerprint density at radius 3 is 2.95 bits per heavy atom. The lowest BCUT2D eigenvalue weighted by molar-refractivity contribution is 0.0754. The summed E-state index contributed by atoms with van der Waals surface area (Å²) < 4.78 is 0. The maximum absolute atomic E-state index is 12.4. The zero-order valence-electron chi connectivity index (χ0n) is 11.2. The van der Waals surface area contributed by atoms with Crippen molar-refractivity contribution < 1.29 is 4.79 Å². The van der Waals surface area contributed by atoms with Crippen LogP contribution in [0.2, 0.25) is 5.02 Å². The molecule has 0 N–H and O–H groups in total. The molecule has 2 fully saturated rings. The first-order valence-electron chi connectivity index (χ1n) is 7.00. The van der Waals surface area contributed by atoms with Gasteiger partial charge >= 0.3 is 0 Å². The van der Waals surface area contributed by atoms with Crippen LogP contribution in [0.3, 0.4) is 0 Å². The smallest absolute Gasteiger partial charge is 0.256 e. The second-order valence-electron chi connectivity index (χ2n) is 5.98. The number of hydrogen-bond acceptors (Lipinski definition) is 2. The highest BCUT2D eigenvalue weighted by Gasteiger charge is 2.40. The molecule has 2 saturated carbocycles. The van der Waals surface area contributed by atoms with Crippen LogP contribution in [0.15, 0.2) is 18.5 Å². The van der Waals surface area contributed by atoms with Crippen molar-refractivity contribution in [3.8, 4) is 0 Å². The Morgan fingerprint density at radius 1 is 1.47 bits per heavy atom. The molecule has 19 heavy (non-hydrogen) atoms. The zero-order valence-corrected chi connectivity index (χ0v) is 11.9. The van der Waals surface area contributed by atoms with Crippen LogP contribution >= 0.6 is 11.6 Å². The minimum Gasteiger partial charge on any atom is -0.341 e. The molecule has 1 aromatic rings. The van der Waals surface area contributed by atoms with E-state index in [2.05, 4.69) is 4.98 Å². The molecule has 4 heteroatoms. The molecule has 0 radical (unpaired) electrons. The number of halogens is 1. The van der Waals surface area contributed by atoms with Crippen LogP contribution in [0, 0.1) is 17.8 Å². The number of fused-ring (bicyclic) bond motifs is 2. The van der Waals surface area contributed by atoms with Gasteiger partial charge in [-0.15, -0.1) is 0 Å². The molecule has 0 spiro atoms. The second kappa shape index (κ2) is 5.12. The molecule has 3 unspecified atom stereocenters. The summed E-state index contributed by atoms with van der Waals surface area (Å²) in [6, 6.07) is 1.67. The Labute approximate surface area is 119 Å². The molecule has 0 aromatic carbocycles. The third-order valence-corrected chi connectivity index (χ3v) is 5.07. The van der Waals surface area contributed by atoms with Crippen molar-refractivity contribution in [2.24, 2.45) is 17.8 Å². The number of hydrogen-bond donors (Lipinski definition) is 0. The van der Waals surface area contributed by atoms with Gasteiger partial charge in [-0.05, 0) is 43.1 Å². The van der Waals surface area contributed by atoms with Crippen LogP contribution in [0.5, 0.6) is 0 Å². The maximum atomic E-state index is 12.4. The van der Waals surface area contributed by atoms with Crippen molar-refractivity contribution in [3.05, 3.63) is 29.0 Å². The van der Waals surface area contributed by atoms with E-state index in [4.69, 9.17) is 11.6 Å². The van der Waals surface area contributed by atoms with Gasteiger partial charge in [0.15, 0.2) is 0 Å². The Morgan fingerprint density at radius 2 is 2.32 bits per heavy atom. The van der Waals surface area contributed by atoms with Gasteiger partial charge in [0.2, 0.25) is 0 Å². The third-order valence-electron chi connectivity index (χ3n) is 4.74. The highest BCUT2D eigenvalue weighted by Crippen LogP contribution is 2.48. The van der Waals surface area contributed by atoms with E-state index in [-0.39, 0.29) is 5.91 Å². The van der Waals surface area contributed by atoms with Crippen molar-refractivity contribution in [1.29, 1.82) is 0 Å². The number of aromatic nitrogens is 1. The van der Waals surface area contributed by atoms with Gasteiger partial charge in [0.25, 0.3) is 5.91 Å². The van der Waals surface area contributed by atoms with Gasteiger partial charge in [0.05, 0.1) is 10.6 Å². The van der Waals surface area contributed by atoms with Gasteiger partial charge in [-0.3, -0.25) is 9.78 Å². The first-order chi connectivity index (χ1) is 9.15. The van der Waals surface area contributed by atoms with Crippen LogP contribution in [0.25, 0.3) is 0 Å². The summed E-state index contributed by atoms with van der Waals surface area (Å²) in [5.74, 6) is 2.43. The summed E-state index contributed by atoms with van der Waals surface area (Å²) in [5.41, 5.74) is 0.509. The summed E-state index contributed by atoms with van der Waals surface area (Å²) in [6.07, 6.45) is 8.58. The Bertz CT molecular complexity index is 491. The first-order valence-corrected chi connectivity index (χ1v) is 7.38. The number of rotatable bonds is 3. The van der Waals surface area contributed by atoms with E-state index in [1.165, 1.54) is 25.7 Å².